The van der Waals surface area contributed by atoms with Crippen molar-refractivity contribution in [2.75, 3.05) is 6.54 Å². The molecule has 2 amide bonds. The van der Waals surface area contributed by atoms with E-state index >= 15 is 0 Å². The van der Waals surface area contributed by atoms with E-state index in [0.717, 1.165) is 24.8 Å². The van der Waals surface area contributed by atoms with E-state index in [1.54, 1.807) is 12.1 Å². The van der Waals surface area contributed by atoms with Crippen LogP contribution in [0.4, 0.5) is 4.79 Å². The molecule has 0 bridgehead atoms. The van der Waals surface area contributed by atoms with Crippen molar-refractivity contribution in [1.82, 2.24) is 10.2 Å². The number of benzene rings is 1. The molecule has 6 heteroatoms. The number of urea groups is 1. The Morgan fingerprint density at radius 2 is 1.96 bits per heavy atom. The van der Waals surface area contributed by atoms with Gasteiger partial charge in [-0.3, -0.25) is 0 Å². The summed E-state index contributed by atoms with van der Waals surface area (Å²) in [5.74, 6) is -0.959. The fraction of sp³-hybridized carbons (Fsp3) is 0.529. The SMILES string of the molecule is O=C(O)c1ccc(CNC(=O)N2CCC(O)CC23CCC3)cc1. The summed E-state index contributed by atoms with van der Waals surface area (Å²) in [6, 6.07) is 6.40. The van der Waals surface area contributed by atoms with Gasteiger partial charge in [-0.1, -0.05) is 12.1 Å². The van der Waals surface area contributed by atoms with E-state index in [0.29, 0.717) is 25.9 Å². The minimum atomic E-state index is -0.959. The van der Waals surface area contributed by atoms with Gasteiger partial charge in [-0.15, -0.1) is 0 Å². The highest BCUT2D eigenvalue weighted by atomic mass is 16.4. The second-order valence-corrected chi connectivity index (χ2v) is 6.54. The second-order valence-electron chi connectivity index (χ2n) is 6.54. The molecule has 23 heavy (non-hydrogen) atoms. The molecule has 124 valence electrons. The minimum Gasteiger partial charge on any atom is -0.478 e. The molecule has 1 spiro atoms. The lowest BCUT2D eigenvalue weighted by molar-refractivity contribution is -0.0399. The van der Waals surface area contributed by atoms with E-state index in [2.05, 4.69) is 5.32 Å². The summed E-state index contributed by atoms with van der Waals surface area (Å²) in [6.45, 7) is 0.957. The summed E-state index contributed by atoms with van der Waals surface area (Å²) in [6.07, 6.45) is 4.03. The molecule has 1 atom stereocenters. The number of carbonyl (C=O) groups excluding carboxylic acids is 1. The Bertz CT molecular complexity index is 595. The van der Waals surface area contributed by atoms with Crippen LogP contribution in [0.3, 0.4) is 0 Å². The third-order valence-corrected chi connectivity index (χ3v) is 5.05. The van der Waals surface area contributed by atoms with Crippen molar-refractivity contribution in [3.05, 3.63) is 35.4 Å². The first-order chi connectivity index (χ1) is 11.0. The molecule has 3 N–H and O–H groups in total. The normalized spacial score (nSPS) is 22.5. The first-order valence-electron chi connectivity index (χ1n) is 8.06. The number of carboxylic acids is 1. The van der Waals surface area contributed by atoms with Crippen LogP contribution in [0.25, 0.3) is 0 Å². The monoisotopic (exact) mass is 318 g/mol. The average molecular weight is 318 g/mol. The van der Waals surface area contributed by atoms with Gasteiger partial charge in [-0.05, 0) is 49.8 Å². The van der Waals surface area contributed by atoms with Crippen molar-refractivity contribution in [2.45, 2.75) is 50.3 Å². The van der Waals surface area contributed by atoms with Crippen molar-refractivity contribution in [3.63, 3.8) is 0 Å². The van der Waals surface area contributed by atoms with Crippen LogP contribution in [0.5, 0.6) is 0 Å². The standard InChI is InChI=1S/C17H22N2O4/c20-14-6-9-19(17(10-14)7-1-8-17)16(23)18-11-12-2-4-13(5-3-12)15(21)22/h2-5,14,20H,1,6-11H2,(H,18,23)(H,21,22). The van der Waals surface area contributed by atoms with Gasteiger partial charge in [0.05, 0.1) is 11.7 Å². The third-order valence-electron chi connectivity index (χ3n) is 5.05. The Hall–Kier alpha value is -2.08. The number of nitrogens with one attached hydrogen (secondary N) is 1. The van der Waals surface area contributed by atoms with Gasteiger partial charge in [0.1, 0.15) is 0 Å². The smallest absolute Gasteiger partial charge is 0.335 e. The number of carboxylic acid groups (broad SMARTS) is 1. The molecule has 3 rings (SSSR count). The van der Waals surface area contributed by atoms with Gasteiger partial charge in [0.15, 0.2) is 0 Å². The van der Waals surface area contributed by atoms with Crippen molar-refractivity contribution >= 4 is 12.0 Å². The first kappa shape index (κ1) is 15.8. The lowest BCUT2D eigenvalue weighted by Gasteiger charge is -2.54. The van der Waals surface area contributed by atoms with E-state index in [-0.39, 0.29) is 23.2 Å². The Morgan fingerprint density at radius 3 is 2.52 bits per heavy atom. The largest absolute Gasteiger partial charge is 0.478 e. The predicted molar refractivity (Wildman–Crippen MR) is 84.2 cm³/mol. The summed E-state index contributed by atoms with van der Waals surface area (Å²) in [5, 5.41) is 21.7. The Kier molecular flexibility index (Phi) is 4.26. The Morgan fingerprint density at radius 1 is 1.26 bits per heavy atom. The molecule has 2 aliphatic rings. The molecular formula is C17H22N2O4. The summed E-state index contributed by atoms with van der Waals surface area (Å²) < 4.78 is 0. The van der Waals surface area contributed by atoms with Crippen LogP contribution >= 0.6 is 0 Å². The van der Waals surface area contributed by atoms with Gasteiger partial charge in [-0.25, -0.2) is 9.59 Å². The lowest BCUT2D eigenvalue weighted by Crippen LogP contribution is -2.63. The minimum absolute atomic E-state index is 0.0982. The molecule has 1 saturated carbocycles. The number of nitrogens with zero attached hydrogens (tertiary/aromatic N) is 1. The van der Waals surface area contributed by atoms with Gasteiger partial charge in [0.25, 0.3) is 0 Å². The quantitative estimate of drug-likeness (QED) is 0.795. The molecule has 1 heterocycles. The van der Waals surface area contributed by atoms with Gasteiger partial charge < -0.3 is 20.4 Å². The molecular weight excluding hydrogens is 296 g/mol. The second kappa shape index (κ2) is 6.20. The van der Waals surface area contributed by atoms with Crippen LogP contribution in [0.1, 0.15) is 48.0 Å². The molecule has 1 saturated heterocycles. The number of aliphatic hydroxyl groups excluding tert-OH is 1. The summed E-state index contributed by atoms with van der Waals surface area (Å²) >= 11 is 0. The highest BCUT2D eigenvalue weighted by Crippen LogP contribution is 2.44. The van der Waals surface area contributed by atoms with Gasteiger partial charge in [-0.2, -0.15) is 0 Å². The van der Waals surface area contributed by atoms with E-state index in [9.17, 15) is 14.7 Å². The summed E-state index contributed by atoms with van der Waals surface area (Å²) in [4.78, 5) is 25.2. The number of piperidine rings is 1. The van der Waals surface area contributed by atoms with Crippen molar-refractivity contribution in [2.24, 2.45) is 0 Å². The zero-order chi connectivity index (χ0) is 16.4. The number of likely N-dealkylation sites (tertiary alicyclic amines) is 1. The molecule has 2 fully saturated rings. The Balaban J connectivity index is 1.59. The molecule has 1 aliphatic heterocycles. The van der Waals surface area contributed by atoms with Crippen LogP contribution in [-0.2, 0) is 6.54 Å². The summed E-state index contributed by atoms with van der Waals surface area (Å²) in [7, 11) is 0. The van der Waals surface area contributed by atoms with Crippen LogP contribution in [0.15, 0.2) is 24.3 Å². The fourth-order valence-corrected chi connectivity index (χ4v) is 3.58. The lowest BCUT2D eigenvalue weighted by atomic mass is 9.69. The van der Waals surface area contributed by atoms with Crippen molar-refractivity contribution in [3.8, 4) is 0 Å². The maximum Gasteiger partial charge on any atom is 0.335 e. The predicted octanol–water partition coefficient (Wildman–Crippen LogP) is 1.97. The van der Waals surface area contributed by atoms with E-state index in [1.807, 2.05) is 4.90 Å². The van der Waals surface area contributed by atoms with Gasteiger partial charge in [0.2, 0.25) is 0 Å². The highest BCUT2D eigenvalue weighted by Gasteiger charge is 2.48. The number of hydrogen-bond donors (Lipinski definition) is 3. The van der Waals surface area contributed by atoms with Crippen LogP contribution in [0, 0.1) is 0 Å². The molecule has 0 aromatic heterocycles. The topological polar surface area (TPSA) is 89.9 Å². The van der Waals surface area contributed by atoms with Gasteiger partial charge in [0, 0.05) is 18.6 Å². The fourth-order valence-electron chi connectivity index (χ4n) is 3.58. The molecule has 1 aliphatic carbocycles. The number of aliphatic hydroxyl groups is 1. The van der Waals surface area contributed by atoms with Crippen LogP contribution in [0.2, 0.25) is 0 Å². The third kappa shape index (κ3) is 3.17. The maximum absolute atomic E-state index is 12.5. The number of carbonyl (C=O) groups is 2. The molecule has 1 unspecified atom stereocenters. The zero-order valence-corrected chi connectivity index (χ0v) is 13.0. The molecule has 0 radical (unpaired) electrons. The number of rotatable bonds is 3. The van der Waals surface area contributed by atoms with E-state index < -0.39 is 5.97 Å². The van der Waals surface area contributed by atoms with Gasteiger partial charge >= 0.3 is 12.0 Å². The average Bonchev–Trinajstić information content (AvgIpc) is 2.51. The van der Waals surface area contributed by atoms with E-state index in [4.69, 9.17) is 5.11 Å². The first-order valence-corrected chi connectivity index (χ1v) is 8.06. The van der Waals surface area contributed by atoms with Crippen LogP contribution in [-0.4, -0.2) is 45.3 Å². The number of hydrogen-bond acceptors (Lipinski definition) is 3. The van der Waals surface area contributed by atoms with Crippen molar-refractivity contribution in [1.29, 1.82) is 0 Å². The Labute approximate surface area is 135 Å². The number of amides is 2. The molecule has 1 aromatic carbocycles. The van der Waals surface area contributed by atoms with Crippen LogP contribution < -0.4 is 5.32 Å². The number of aromatic carboxylic acids is 1. The molecule has 1 aromatic rings. The van der Waals surface area contributed by atoms with Crippen molar-refractivity contribution < 1.29 is 19.8 Å². The maximum atomic E-state index is 12.5. The highest BCUT2D eigenvalue weighted by molar-refractivity contribution is 5.87. The summed E-state index contributed by atoms with van der Waals surface area (Å²) in [5.41, 5.74) is 0.941. The van der Waals surface area contributed by atoms with E-state index in [1.165, 1.54) is 12.1 Å². The zero-order valence-electron chi connectivity index (χ0n) is 13.0. The molecule has 6 nitrogen and oxygen atoms in total.